The Labute approximate surface area is 81.7 Å². The first kappa shape index (κ1) is 10.6. The SMILES string of the molecule is NC(=O)c1c(Cl)c(C(F)F)c[nH]c1=O. The molecule has 0 unspecified atom stereocenters. The van der Waals surface area contributed by atoms with Crippen molar-refractivity contribution in [1.82, 2.24) is 4.98 Å². The normalized spacial score (nSPS) is 10.6. The van der Waals surface area contributed by atoms with Crippen LogP contribution < -0.4 is 11.3 Å². The molecule has 1 heterocycles. The van der Waals surface area contributed by atoms with Crippen molar-refractivity contribution in [2.75, 3.05) is 0 Å². The molecule has 3 N–H and O–H groups in total. The third-order valence-electron chi connectivity index (χ3n) is 1.54. The zero-order valence-electron chi connectivity index (χ0n) is 6.68. The molecule has 1 aromatic rings. The van der Waals surface area contributed by atoms with Gasteiger partial charge in [0.25, 0.3) is 17.9 Å². The molecular formula is C7H5ClF2N2O2. The van der Waals surface area contributed by atoms with Crippen molar-refractivity contribution < 1.29 is 13.6 Å². The van der Waals surface area contributed by atoms with Gasteiger partial charge in [0.05, 0.1) is 10.6 Å². The molecule has 0 aliphatic heterocycles. The Balaban J connectivity index is 3.49. The Morgan fingerprint density at radius 1 is 1.57 bits per heavy atom. The minimum Gasteiger partial charge on any atom is -0.365 e. The van der Waals surface area contributed by atoms with Crippen molar-refractivity contribution in [2.45, 2.75) is 6.43 Å². The molecule has 0 aliphatic rings. The molecule has 1 amide bonds. The number of halogens is 3. The summed E-state index contributed by atoms with van der Waals surface area (Å²) in [5.41, 5.74) is 2.64. The van der Waals surface area contributed by atoms with Crippen LogP contribution in [0.4, 0.5) is 8.78 Å². The Morgan fingerprint density at radius 2 is 2.14 bits per heavy atom. The lowest BCUT2D eigenvalue weighted by Gasteiger charge is -2.04. The number of carbonyl (C=O) groups is 1. The van der Waals surface area contributed by atoms with Gasteiger partial charge in [-0.05, 0) is 0 Å². The molecule has 1 aromatic heterocycles. The quantitative estimate of drug-likeness (QED) is 0.785. The summed E-state index contributed by atoms with van der Waals surface area (Å²) < 4.78 is 24.5. The topological polar surface area (TPSA) is 76.0 Å². The Morgan fingerprint density at radius 3 is 2.57 bits per heavy atom. The van der Waals surface area contributed by atoms with E-state index in [0.29, 0.717) is 0 Å². The molecule has 0 atom stereocenters. The molecule has 0 aromatic carbocycles. The molecule has 1 rings (SSSR count). The van der Waals surface area contributed by atoms with Gasteiger partial charge in [0, 0.05) is 6.20 Å². The van der Waals surface area contributed by atoms with E-state index >= 15 is 0 Å². The third-order valence-corrected chi connectivity index (χ3v) is 1.95. The second-order valence-electron chi connectivity index (χ2n) is 2.43. The average Bonchev–Trinajstić information content (AvgIpc) is 2.02. The van der Waals surface area contributed by atoms with Crippen LogP contribution in [-0.4, -0.2) is 10.9 Å². The number of hydrogen-bond acceptors (Lipinski definition) is 2. The van der Waals surface area contributed by atoms with Gasteiger partial charge in [-0.1, -0.05) is 11.6 Å². The summed E-state index contributed by atoms with van der Waals surface area (Å²) in [6, 6.07) is 0. The van der Waals surface area contributed by atoms with Crippen molar-refractivity contribution in [3.8, 4) is 0 Å². The summed E-state index contributed by atoms with van der Waals surface area (Å²) in [6.45, 7) is 0. The minimum atomic E-state index is -2.88. The van der Waals surface area contributed by atoms with Crippen LogP contribution in [0.5, 0.6) is 0 Å². The van der Waals surface area contributed by atoms with E-state index in [1.54, 1.807) is 0 Å². The van der Waals surface area contributed by atoms with Crippen LogP contribution in [0.1, 0.15) is 22.3 Å². The smallest absolute Gasteiger partial charge is 0.266 e. The predicted molar refractivity (Wildman–Crippen MR) is 45.5 cm³/mol. The molecule has 0 saturated carbocycles. The number of nitrogens with one attached hydrogen (secondary N) is 1. The number of primary amides is 1. The van der Waals surface area contributed by atoms with Gasteiger partial charge in [-0.25, -0.2) is 8.78 Å². The lowest BCUT2D eigenvalue weighted by atomic mass is 10.2. The van der Waals surface area contributed by atoms with E-state index < -0.39 is 34.0 Å². The van der Waals surface area contributed by atoms with Gasteiger partial charge in [-0.15, -0.1) is 0 Å². The fraction of sp³-hybridized carbons (Fsp3) is 0.143. The fourth-order valence-electron chi connectivity index (χ4n) is 0.902. The predicted octanol–water partition coefficient (Wildman–Crippen LogP) is 1.06. The summed E-state index contributed by atoms with van der Waals surface area (Å²) in [7, 11) is 0. The largest absolute Gasteiger partial charge is 0.365 e. The highest BCUT2D eigenvalue weighted by Crippen LogP contribution is 2.26. The second-order valence-corrected chi connectivity index (χ2v) is 2.81. The zero-order valence-corrected chi connectivity index (χ0v) is 7.44. The first-order valence-electron chi connectivity index (χ1n) is 3.44. The van der Waals surface area contributed by atoms with E-state index in [0.717, 1.165) is 6.20 Å². The lowest BCUT2D eigenvalue weighted by molar-refractivity contribution is 0.0998. The standard InChI is InChI=1S/C7H5ClF2N2O2/c8-4-2(5(9)10)1-12-7(14)3(4)6(11)13/h1,5H,(H2,11,13)(H,12,14). The average molecular weight is 223 g/mol. The monoisotopic (exact) mass is 222 g/mol. The van der Waals surface area contributed by atoms with Crippen LogP contribution in [-0.2, 0) is 0 Å². The van der Waals surface area contributed by atoms with Gasteiger partial charge in [0.15, 0.2) is 0 Å². The number of pyridine rings is 1. The fourth-order valence-corrected chi connectivity index (χ4v) is 1.22. The number of amides is 1. The number of rotatable bonds is 2. The van der Waals surface area contributed by atoms with E-state index in [2.05, 4.69) is 0 Å². The molecule has 4 nitrogen and oxygen atoms in total. The summed E-state index contributed by atoms with van der Waals surface area (Å²) in [4.78, 5) is 23.6. The van der Waals surface area contributed by atoms with E-state index in [4.69, 9.17) is 17.3 Å². The van der Waals surface area contributed by atoms with Crippen molar-refractivity contribution in [1.29, 1.82) is 0 Å². The summed E-state index contributed by atoms with van der Waals surface area (Å²) >= 11 is 5.40. The molecule has 0 aliphatic carbocycles. The Hall–Kier alpha value is -1.43. The number of aromatic amines is 1. The van der Waals surface area contributed by atoms with Gasteiger partial charge in [-0.2, -0.15) is 0 Å². The maximum atomic E-state index is 12.2. The first-order valence-corrected chi connectivity index (χ1v) is 3.82. The van der Waals surface area contributed by atoms with Gasteiger partial charge < -0.3 is 10.7 Å². The van der Waals surface area contributed by atoms with Crippen molar-refractivity contribution in [3.63, 3.8) is 0 Å². The Kier molecular flexibility index (Phi) is 2.85. The molecule has 7 heteroatoms. The van der Waals surface area contributed by atoms with E-state index in [1.165, 1.54) is 0 Å². The van der Waals surface area contributed by atoms with E-state index in [-0.39, 0.29) is 0 Å². The summed E-state index contributed by atoms with van der Waals surface area (Å²) in [5, 5.41) is -0.601. The number of nitrogens with two attached hydrogens (primary N) is 1. The van der Waals surface area contributed by atoms with E-state index in [9.17, 15) is 18.4 Å². The van der Waals surface area contributed by atoms with Gasteiger partial charge >= 0.3 is 0 Å². The van der Waals surface area contributed by atoms with Crippen molar-refractivity contribution >= 4 is 17.5 Å². The van der Waals surface area contributed by atoms with Crippen LogP contribution in [0.3, 0.4) is 0 Å². The number of alkyl halides is 2. The lowest BCUT2D eigenvalue weighted by Crippen LogP contribution is -2.24. The van der Waals surface area contributed by atoms with Gasteiger partial charge in [0.2, 0.25) is 0 Å². The number of carbonyl (C=O) groups excluding carboxylic acids is 1. The maximum absolute atomic E-state index is 12.2. The molecule has 0 fully saturated rings. The van der Waals surface area contributed by atoms with Gasteiger partial charge in [-0.3, -0.25) is 9.59 Å². The summed E-state index contributed by atoms with van der Waals surface area (Å²) in [5.74, 6) is -1.14. The van der Waals surface area contributed by atoms with Crippen LogP contribution in [0.15, 0.2) is 11.0 Å². The molecule has 14 heavy (non-hydrogen) atoms. The highest BCUT2D eigenvalue weighted by Gasteiger charge is 2.20. The molecule has 76 valence electrons. The third kappa shape index (κ3) is 1.74. The molecule has 0 bridgehead atoms. The van der Waals surface area contributed by atoms with Crippen molar-refractivity contribution in [3.05, 3.63) is 32.7 Å². The van der Waals surface area contributed by atoms with E-state index in [1.807, 2.05) is 4.98 Å². The minimum absolute atomic E-state index is 0.601. The number of H-pyrrole nitrogens is 1. The second kappa shape index (κ2) is 3.75. The number of aromatic nitrogens is 1. The molecule has 0 spiro atoms. The van der Waals surface area contributed by atoms with Crippen LogP contribution in [0.2, 0.25) is 5.02 Å². The zero-order chi connectivity index (χ0) is 10.9. The van der Waals surface area contributed by atoms with Crippen LogP contribution >= 0.6 is 11.6 Å². The molecule has 0 saturated heterocycles. The highest BCUT2D eigenvalue weighted by molar-refractivity contribution is 6.34. The van der Waals surface area contributed by atoms with Crippen LogP contribution in [0, 0.1) is 0 Å². The van der Waals surface area contributed by atoms with Gasteiger partial charge in [0.1, 0.15) is 5.56 Å². The summed E-state index contributed by atoms with van der Waals surface area (Å²) in [6.07, 6.45) is -2.13. The van der Waals surface area contributed by atoms with Crippen molar-refractivity contribution in [2.24, 2.45) is 5.73 Å². The first-order chi connectivity index (χ1) is 6.45. The molecule has 0 radical (unpaired) electrons. The number of hydrogen-bond donors (Lipinski definition) is 2. The van der Waals surface area contributed by atoms with Crippen LogP contribution in [0.25, 0.3) is 0 Å². The molecular weight excluding hydrogens is 218 g/mol. The highest BCUT2D eigenvalue weighted by atomic mass is 35.5. The maximum Gasteiger partial charge on any atom is 0.266 e. The Bertz CT molecular complexity index is 430.